The van der Waals surface area contributed by atoms with E-state index in [1.165, 1.54) is 36.9 Å². The highest BCUT2D eigenvalue weighted by Crippen LogP contribution is 2.53. The molecule has 2 aliphatic carbocycles. The van der Waals surface area contributed by atoms with Crippen molar-refractivity contribution in [3.05, 3.63) is 76.3 Å². The van der Waals surface area contributed by atoms with Crippen LogP contribution in [0.4, 0.5) is 5.69 Å². The Kier molecular flexibility index (Phi) is 10.6. The second-order valence-electron chi connectivity index (χ2n) is 17.4. The third-order valence-electron chi connectivity index (χ3n) is 14.0. The van der Waals surface area contributed by atoms with Gasteiger partial charge in [-0.25, -0.2) is 0 Å². The molecule has 1 unspecified atom stereocenters. The molecule has 0 aromatic heterocycles. The van der Waals surface area contributed by atoms with E-state index < -0.39 is 47.6 Å². The molecule has 1 saturated carbocycles. The molecule has 0 radical (unpaired) electrons. The molecule has 2 aromatic rings. The second kappa shape index (κ2) is 15.0. The maximum absolute atomic E-state index is 14.3. The summed E-state index contributed by atoms with van der Waals surface area (Å²) in [5.41, 5.74) is 0.133. The van der Waals surface area contributed by atoms with Gasteiger partial charge in [0.15, 0.2) is 18.4 Å². The Morgan fingerprint density at radius 2 is 1.85 bits per heavy atom. The summed E-state index contributed by atoms with van der Waals surface area (Å²) < 4.78 is 12.3. The lowest BCUT2D eigenvalue weighted by Crippen LogP contribution is -2.66. The van der Waals surface area contributed by atoms with Gasteiger partial charge in [0.1, 0.15) is 17.2 Å². The molecule has 3 N–H and O–H groups in total. The first-order chi connectivity index (χ1) is 26.3. The lowest BCUT2D eigenvalue weighted by atomic mass is 9.55. The van der Waals surface area contributed by atoms with Gasteiger partial charge in [0, 0.05) is 63.6 Å². The predicted molar refractivity (Wildman–Crippen MR) is 209 cm³/mol. The number of esters is 2. The van der Waals surface area contributed by atoms with Crippen LogP contribution in [0.2, 0.25) is 5.02 Å². The van der Waals surface area contributed by atoms with Gasteiger partial charge in [0.25, 0.3) is 0 Å². The minimum atomic E-state index is -1.56. The molecule has 298 valence electrons. The van der Waals surface area contributed by atoms with Crippen LogP contribution < -0.4 is 10.4 Å². The largest absolute Gasteiger partial charge is 0.454 e. The lowest BCUT2D eigenvalue weighted by Gasteiger charge is -2.56. The van der Waals surface area contributed by atoms with Gasteiger partial charge in [-0.15, -0.1) is 0 Å². The number of ether oxygens (including phenoxy) is 2. The van der Waals surface area contributed by atoms with E-state index in [4.69, 9.17) is 25.9 Å². The van der Waals surface area contributed by atoms with E-state index in [9.17, 15) is 19.8 Å². The van der Waals surface area contributed by atoms with Crippen LogP contribution in [0, 0.1) is 23.7 Å². The summed E-state index contributed by atoms with van der Waals surface area (Å²) in [7, 11) is 1.70. The molecule has 8 rings (SSSR count). The van der Waals surface area contributed by atoms with Crippen LogP contribution in [0.25, 0.3) is 0 Å². The average molecular weight is 777 g/mol. The van der Waals surface area contributed by atoms with E-state index in [0.717, 1.165) is 44.5 Å². The molecular weight excluding hydrogens is 720 g/mol. The number of hydroxylamine groups is 1. The number of hydrogen-bond donors (Lipinski definition) is 3. The number of carbonyl (C=O) groups is 2. The van der Waals surface area contributed by atoms with Gasteiger partial charge in [-0.1, -0.05) is 74.0 Å². The van der Waals surface area contributed by atoms with E-state index in [0.29, 0.717) is 28.4 Å². The minimum Gasteiger partial charge on any atom is -0.454 e. The van der Waals surface area contributed by atoms with Gasteiger partial charge >= 0.3 is 11.9 Å². The molecule has 4 aliphatic heterocycles. The van der Waals surface area contributed by atoms with Crippen LogP contribution in [-0.2, 0) is 35.9 Å². The third-order valence-corrected chi connectivity index (χ3v) is 14.3. The number of benzene rings is 2. The van der Waals surface area contributed by atoms with Crippen LogP contribution in [0.15, 0.2) is 60.2 Å². The van der Waals surface area contributed by atoms with E-state index in [2.05, 4.69) is 58.4 Å². The highest BCUT2D eigenvalue weighted by atomic mass is 35.5. The quantitative estimate of drug-likeness (QED) is 0.253. The number of aliphatic hydroxyl groups is 2. The van der Waals surface area contributed by atoms with Gasteiger partial charge < -0.3 is 19.7 Å². The number of halogens is 1. The molecule has 4 heterocycles. The number of piperazine rings is 1. The lowest BCUT2D eigenvalue weighted by molar-refractivity contribution is -0.225. The Labute approximate surface area is 329 Å². The number of nitrogens with one attached hydrogen (secondary N) is 1. The molecule has 3 saturated heterocycles. The number of carbonyl (C=O) groups excluding carboxylic acids is 2. The van der Waals surface area contributed by atoms with Crippen molar-refractivity contribution >= 4 is 29.2 Å². The summed E-state index contributed by atoms with van der Waals surface area (Å²) in [4.78, 5) is 38.3. The molecule has 55 heavy (non-hydrogen) atoms. The molecule has 0 bridgehead atoms. The van der Waals surface area contributed by atoms with Crippen LogP contribution in [-0.4, -0.2) is 107 Å². The fraction of sp³-hybridized carbons (Fsp3) is 0.628. The number of anilines is 1. The Morgan fingerprint density at radius 1 is 1.07 bits per heavy atom. The van der Waals surface area contributed by atoms with Crippen LogP contribution in [0.3, 0.4) is 0 Å². The number of fused-ring (bicyclic) bond motifs is 5. The summed E-state index contributed by atoms with van der Waals surface area (Å²) >= 11 is 6.51. The van der Waals surface area contributed by atoms with Crippen LogP contribution in [0.5, 0.6) is 0 Å². The van der Waals surface area contributed by atoms with Gasteiger partial charge in [-0.05, 0) is 80.5 Å². The number of nitrogens with zero attached hydrogens (tertiary/aromatic N) is 3. The van der Waals surface area contributed by atoms with Crippen LogP contribution >= 0.6 is 11.6 Å². The Morgan fingerprint density at radius 3 is 2.62 bits per heavy atom. The Bertz CT molecular complexity index is 1800. The van der Waals surface area contributed by atoms with Crippen molar-refractivity contribution in [1.82, 2.24) is 15.1 Å². The average Bonchev–Trinajstić information content (AvgIpc) is 3.75. The van der Waals surface area contributed by atoms with Gasteiger partial charge in [0.05, 0.1) is 10.7 Å². The molecule has 6 aliphatic rings. The molecule has 12 atom stereocenters. The van der Waals surface area contributed by atoms with Crippen molar-refractivity contribution in [1.29, 1.82) is 0 Å². The Balaban J connectivity index is 1.05. The summed E-state index contributed by atoms with van der Waals surface area (Å²) in [6.45, 7) is 11.8. The zero-order valence-corrected chi connectivity index (χ0v) is 33.5. The van der Waals surface area contributed by atoms with E-state index in [-0.39, 0.29) is 30.1 Å². The van der Waals surface area contributed by atoms with Crippen molar-refractivity contribution < 1.29 is 34.1 Å². The van der Waals surface area contributed by atoms with E-state index in [1.807, 2.05) is 13.8 Å². The zero-order chi connectivity index (χ0) is 38.8. The maximum Gasteiger partial charge on any atom is 0.323 e. The number of para-hydroxylation sites is 1. The smallest absolute Gasteiger partial charge is 0.323 e. The SMILES string of the molecule is CC(=O)O[C@@H]1C(C)=C[C@@H]2[C@H](C(C)CN3C[C@H]4CCCN4C[C@@H]3Cc3ccccc3)CC[C@@H](C)[C@]2(O)[C@H]1OC(=O)[C@@H]1C[C@@]2(O)c3cccc(Cl)c3N(C)O[C@H]2N1. The molecular formula is C43H57ClN4O7. The van der Waals surface area contributed by atoms with E-state index >= 15 is 0 Å². The van der Waals surface area contributed by atoms with Crippen molar-refractivity contribution in [2.45, 2.75) is 114 Å². The van der Waals surface area contributed by atoms with Crippen molar-refractivity contribution in [3.8, 4) is 0 Å². The summed E-state index contributed by atoms with van der Waals surface area (Å²) in [6.07, 6.45) is 4.15. The summed E-state index contributed by atoms with van der Waals surface area (Å²) in [6, 6.07) is 16.1. The first-order valence-electron chi connectivity index (χ1n) is 20.3. The molecule has 4 fully saturated rings. The highest BCUT2D eigenvalue weighted by molar-refractivity contribution is 6.33. The third kappa shape index (κ3) is 6.91. The molecule has 12 heteroatoms. The van der Waals surface area contributed by atoms with Crippen LogP contribution in [0.1, 0.15) is 70.9 Å². The standard InChI is InChI=1S/C43H57ClN4O7/c1-25-19-34-32(26(2)22-48-23-30-13-10-18-47(30)24-31(48)20-29-11-7-6-8-12-29)17-16-27(3)43(34,52)39(38(25)53-28(4)49)54-40(50)36-21-42(51)33-14-9-15-35(44)37(33)46(5)55-41(42)45-36/h6-9,11-12,14-15,19,26-27,30-32,34,36,38-39,41,45,51-52H,10,13,16-18,20-24H2,1-5H3/t26?,27-,30-,31+,32+,34-,36+,38-,39+,41-,42-,43-/m1/s1. The summed E-state index contributed by atoms with van der Waals surface area (Å²) in [5.74, 6) is -1.41. The highest BCUT2D eigenvalue weighted by Gasteiger charge is 2.62. The first-order valence-corrected chi connectivity index (χ1v) is 20.6. The predicted octanol–water partition coefficient (Wildman–Crippen LogP) is 4.82. The molecule has 0 spiro atoms. The molecule has 0 amide bonds. The Hall–Kier alpha value is -3.03. The minimum absolute atomic E-state index is 0.0348. The topological polar surface area (TPSA) is 124 Å². The first kappa shape index (κ1) is 38.8. The van der Waals surface area contributed by atoms with Crippen molar-refractivity contribution in [3.63, 3.8) is 0 Å². The number of rotatable bonds is 8. The maximum atomic E-state index is 14.3. The fourth-order valence-electron chi connectivity index (χ4n) is 11.1. The van der Waals surface area contributed by atoms with Gasteiger partial charge in [0.2, 0.25) is 0 Å². The van der Waals surface area contributed by atoms with Crippen molar-refractivity contribution in [2.75, 3.05) is 38.3 Å². The fourth-order valence-corrected chi connectivity index (χ4v) is 11.4. The van der Waals surface area contributed by atoms with Crippen molar-refractivity contribution in [2.24, 2.45) is 23.7 Å². The number of hydrogen-bond acceptors (Lipinski definition) is 11. The summed E-state index contributed by atoms with van der Waals surface area (Å²) in [5, 5.41) is 30.2. The van der Waals surface area contributed by atoms with E-state index in [1.54, 1.807) is 25.2 Å². The van der Waals surface area contributed by atoms with Gasteiger partial charge in [-0.3, -0.25) is 34.6 Å². The normalized spacial score (nSPS) is 37.9. The molecule has 11 nitrogen and oxygen atoms in total. The monoisotopic (exact) mass is 776 g/mol. The second-order valence-corrected chi connectivity index (χ2v) is 17.8. The zero-order valence-electron chi connectivity index (χ0n) is 32.7. The van der Waals surface area contributed by atoms with Gasteiger partial charge in [-0.2, -0.15) is 0 Å². The molecule has 2 aromatic carbocycles.